The molecule has 1 saturated heterocycles. The second-order valence-electron chi connectivity index (χ2n) is 6.29. The second-order valence-corrected chi connectivity index (χ2v) is 6.72. The van der Waals surface area contributed by atoms with Gasteiger partial charge in [-0.1, -0.05) is 42.7 Å². The van der Waals surface area contributed by atoms with Gasteiger partial charge in [0.2, 0.25) is 17.6 Å². The summed E-state index contributed by atoms with van der Waals surface area (Å²) >= 11 is 5.99. The van der Waals surface area contributed by atoms with Gasteiger partial charge in [-0.25, -0.2) is 0 Å². The Morgan fingerprint density at radius 3 is 3.04 bits per heavy atom. The zero-order chi connectivity index (χ0) is 17.1. The maximum atomic E-state index is 12.1. The third-order valence-corrected chi connectivity index (χ3v) is 4.39. The Labute approximate surface area is 146 Å². The lowest BCUT2D eigenvalue weighted by atomic mass is 9.99. The molecule has 3 rings (SSSR count). The molecule has 1 aromatic carbocycles. The quantitative estimate of drug-likeness (QED) is 0.898. The normalized spacial score (nSPS) is 18.8. The van der Waals surface area contributed by atoms with Gasteiger partial charge in [0.25, 0.3) is 0 Å². The fourth-order valence-electron chi connectivity index (χ4n) is 3.05. The smallest absolute Gasteiger partial charge is 0.237 e. The topological polar surface area (TPSA) is 71.3 Å². The number of hydrogen-bond acceptors (Lipinski definition) is 5. The van der Waals surface area contributed by atoms with E-state index in [1.165, 1.54) is 0 Å². The molecule has 1 aliphatic rings. The van der Waals surface area contributed by atoms with Crippen molar-refractivity contribution in [1.29, 1.82) is 0 Å². The van der Waals surface area contributed by atoms with Crippen LogP contribution in [-0.4, -0.2) is 46.6 Å². The van der Waals surface area contributed by atoms with Crippen molar-refractivity contribution in [2.75, 3.05) is 19.6 Å². The predicted octanol–water partition coefficient (Wildman–Crippen LogP) is 2.39. The van der Waals surface area contributed by atoms with Crippen molar-refractivity contribution in [3.05, 3.63) is 35.2 Å². The van der Waals surface area contributed by atoms with Gasteiger partial charge in [0.05, 0.1) is 6.04 Å². The minimum Gasteiger partial charge on any atom is -0.353 e. The van der Waals surface area contributed by atoms with Crippen LogP contribution in [0.2, 0.25) is 5.02 Å². The molecule has 6 nitrogen and oxygen atoms in total. The minimum atomic E-state index is -0.103. The Hall–Kier alpha value is -1.92. The number of hydrogen-bond donors (Lipinski definition) is 1. The van der Waals surface area contributed by atoms with Gasteiger partial charge in [0, 0.05) is 36.6 Å². The lowest BCUT2D eigenvalue weighted by Gasteiger charge is -2.36. The van der Waals surface area contributed by atoms with Gasteiger partial charge < -0.3 is 9.84 Å². The maximum absolute atomic E-state index is 12.1. The van der Waals surface area contributed by atoms with Crippen LogP contribution in [0.3, 0.4) is 0 Å². The Morgan fingerprint density at radius 1 is 1.46 bits per heavy atom. The first-order chi connectivity index (χ1) is 11.5. The third-order valence-electron chi connectivity index (χ3n) is 4.16. The van der Waals surface area contributed by atoms with Crippen LogP contribution >= 0.6 is 11.6 Å². The summed E-state index contributed by atoms with van der Waals surface area (Å²) in [4.78, 5) is 18.7. The fraction of sp³-hybridized carbons (Fsp3) is 0.471. The lowest BCUT2D eigenvalue weighted by molar-refractivity contribution is -0.130. The molecule has 0 bridgehead atoms. The fourth-order valence-corrected chi connectivity index (χ4v) is 3.24. The summed E-state index contributed by atoms with van der Waals surface area (Å²) in [7, 11) is 0. The zero-order valence-electron chi connectivity index (χ0n) is 13.8. The number of halogens is 1. The highest BCUT2D eigenvalue weighted by Crippen LogP contribution is 2.20. The van der Waals surface area contributed by atoms with Crippen LogP contribution in [0.5, 0.6) is 0 Å². The molecule has 1 amide bonds. The van der Waals surface area contributed by atoms with E-state index < -0.39 is 0 Å². The number of nitrogens with zero attached hydrogens (tertiary/aromatic N) is 3. The number of carbonyl (C=O) groups excluding carboxylic acids is 1. The van der Waals surface area contributed by atoms with Crippen molar-refractivity contribution in [3.8, 4) is 11.4 Å². The minimum absolute atomic E-state index is 0.0985. The Bertz CT molecular complexity index is 716. The summed E-state index contributed by atoms with van der Waals surface area (Å²) in [6, 6.07) is 7.26. The molecule has 1 fully saturated rings. The Morgan fingerprint density at radius 2 is 2.29 bits per heavy atom. The maximum Gasteiger partial charge on any atom is 0.237 e. The van der Waals surface area contributed by atoms with E-state index in [4.69, 9.17) is 16.1 Å². The van der Waals surface area contributed by atoms with Gasteiger partial charge in [0.1, 0.15) is 0 Å². The molecule has 128 valence electrons. The van der Waals surface area contributed by atoms with Gasteiger partial charge >= 0.3 is 0 Å². The number of carbonyl (C=O) groups is 1. The summed E-state index contributed by atoms with van der Waals surface area (Å²) in [6.45, 7) is 6.36. The van der Waals surface area contributed by atoms with Crippen molar-refractivity contribution in [2.45, 2.75) is 26.3 Å². The van der Waals surface area contributed by atoms with Crippen LogP contribution in [-0.2, 0) is 11.2 Å². The monoisotopic (exact) mass is 348 g/mol. The summed E-state index contributed by atoms with van der Waals surface area (Å²) in [5.41, 5.74) is 0.829. The van der Waals surface area contributed by atoms with Crippen molar-refractivity contribution < 1.29 is 9.32 Å². The number of nitrogens with one attached hydrogen (secondary N) is 1. The summed E-state index contributed by atoms with van der Waals surface area (Å²) in [5, 5.41) is 7.58. The lowest BCUT2D eigenvalue weighted by Crippen LogP contribution is -2.57. The zero-order valence-corrected chi connectivity index (χ0v) is 14.6. The highest BCUT2D eigenvalue weighted by molar-refractivity contribution is 6.30. The van der Waals surface area contributed by atoms with E-state index >= 15 is 0 Å². The number of piperazine rings is 1. The predicted molar refractivity (Wildman–Crippen MR) is 91.7 cm³/mol. The number of amides is 1. The second kappa shape index (κ2) is 7.32. The molecule has 1 atom stereocenters. The largest absolute Gasteiger partial charge is 0.353 e. The molecule has 0 radical (unpaired) electrons. The number of benzene rings is 1. The molecule has 1 N–H and O–H groups in total. The van der Waals surface area contributed by atoms with Gasteiger partial charge in [-0.2, -0.15) is 4.98 Å². The van der Waals surface area contributed by atoms with Crippen LogP contribution in [0.25, 0.3) is 11.4 Å². The Balaban J connectivity index is 1.66. The van der Waals surface area contributed by atoms with Gasteiger partial charge in [-0.15, -0.1) is 0 Å². The van der Waals surface area contributed by atoms with Crippen molar-refractivity contribution in [2.24, 2.45) is 5.92 Å². The number of aromatic nitrogens is 2. The van der Waals surface area contributed by atoms with E-state index in [1.807, 2.05) is 12.1 Å². The first-order valence-corrected chi connectivity index (χ1v) is 8.52. The highest BCUT2D eigenvalue weighted by atomic mass is 35.5. The van der Waals surface area contributed by atoms with Crippen molar-refractivity contribution in [3.63, 3.8) is 0 Å². The first-order valence-electron chi connectivity index (χ1n) is 8.15. The summed E-state index contributed by atoms with van der Waals surface area (Å²) in [5.74, 6) is 1.46. The summed E-state index contributed by atoms with van der Waals surface area (Å²) in [6.07, 6.45) is 0.615. The van der Waals surface area contributed by atoms with Crippen molar-refractivity contribution >= 4 is 17.5 Å². The highest BCUT2D eigenvalue weighted by Gasteiger charge is 2.31. The molecular formula is C17H21ClN4O2. The first kappa shape index (κ1) is 16.9. The molecule has 0 saturated carbocycles. The van der Waals surface area contributed by atoms with Crippen molar-refractivity contribution in [1.82, 2.24) is 20.4 Å². The molecule has 2 heterocycles. The summed E-state index contributed by atoms with van der Waals surface area (Å²) < 4.78 is 5.34. The van der Waals surface area contributed by atoms with Gasteiger partial charge in [0.15, 0.2) is 0 Å². The molecule has 1 aliphatic heterocycles. The standard InChI is InChI=1S/C17H21ClN4O2/c1-11(2)15-17(23)19-7-9-22(15)8-6-14-20-16(21-24-14)12-4-3-5-13(18)10-12/h3-5,10-11,15H,6-9H2,1-2H3,(H,19,23). The molecule has 1 unspecified atom stereocenters. The number of rotatable bonds is 5. The van der Waals surface area contributed by atoms with Crippen LogP contribution in [0.15, 0.2) is 28.8 Å². The molecular weight excluding hydrogens is 328 g/mol. The molecule has 0 aliphatic carbocycles. The van der Waals surface area contributed by atoms with Gasteiger partial charge in [-0.05, 0) is 18.1 Å². The van der Waals surface area contributed by atoms with E-state index in [2.05, 4.69) is 34.2 Å². The molecule has 0 spiro atoms. The van der Waals surface area contributed by atoms with E-state index in [0.29, 0.717) is 36.2 Å². The van der Waals surface area contributed by atoms with E-state index in [1.54, 1.807) is 12.1 Å². The van der Waals surface area contributed by atoms with Gasteiger partial charge in [-0.3, -0.25) is 9.69 Å². The molecule has 2 aromatic rings. The van der Waals surface area contributed by atoms with Crippen LogP contribution in [0.1, 0.15) is 19.7 Å². The Kier molecular flexibility index (Phi) is 5.16. The average Bonchev–Trinajstić information content (AvgIpc) is 3.01. The van der Waals surface area contributed by atoms with E-state index in [0.717, 1.165) is 12.1 Å². The van der Waals surface area contributed by atoms with Crippen LogP contribution < -0.4 is 5.32 Å². The van der Waals surface area contributed by atoms with E-state index in [9.17, 15) is 4.79 Å². The third kappa shape index (κ3) is 3.76. The SMILES string of the molecule is CC(C)C1C(=O)NCCN1CCc1nc(-c2cccc(Cl)c2)no1. The average molecular weight is 349 g/mol. The van der Waals surface area contributed by atoms with Crippen LogP contribution in [0.4, 0.5) is 0 Å². The molecule has 7 heteroatoms. The van der Waals surface area contributed by atoms with E-state index in [-0.39, 0.29) is 17.9 Å². The molecule has 24 heavy (non-hydrogen) atoms. The molecule has 1 aromatic heterocycles. The van der Waals surface area contributed by atoms with Crippen LogP contribution in [0, 0.1) is 5.92 Å².